The minimum atomic E-state index is -0.722. The molecule has 1 unspecified atom stereocenters. The van der Waals surface area contributed by atoms with Gasteiger partial charge in [-0.25, -0.2) is 0 Å². The topological polar surface area (TPSA) is 43.8 Å². The summed E-state index contributed by atoms with van der Waals surface area (Å²) in [7, 11) is 0. The fourth-order valence-electron chi connectivity index (χ4n) is 2.29. The largest absolute Gasteiger partial charge is 0.481 e. The maximum absolute atomic E-state index is 11.0. The Morgan fingerprint density at radius 2 is 1.65 bits per heavy atom. The van der Waals surface area contributed by atoms with Crippen LogP contribution in [0.25, 0.3) is 0 Å². The van der Waals surface area contributed by atoms with Crippen LogP contribution in [0.1, 0.15) is 40.5 Å². The van der Waals surface area contributed by atoms with Gasteiger partial charge in [-0.2, -0.15) is 0 Å². The van der Waals surface area contributed by atoms with E-state index < -0.39 is 5.97 Å². The summed E-state index contributed by atoms with van der Waals surface area (Å²) >= 11 is 0. The molecule has 4 heteroatoms. The summed E-state index contributed by atoms with van der Waals surface area (Å²) in [5.41, 5.74) is 1.09. The zero-order chi connectivity index (χ0) is 15.5. The highest BCUT2D eigenvalue weighted by Crippen LogP contribution is 2.06. The molecule has 0 aromatic heterocycles. The Morgan fingerprint density at radius 1 is 1.15 bits per heavy atom. The van der Waals surface area contributed by atoms with Crippen LogP contribution in [-0.2, 0) is 4.79 Å². The van der Waals surface area contributed by atoms with Crippen LogP contribution in [0.5, 0.6) is 0 Å². The Bertz CT molecular complexity index is 288. The van der Waals surface area contributed by atoms with E-state index in [1.165, 1.54) is 0 Å². The molecule has 0 aliphatic heterocycles. The Balaban J connectivity index is 4.10. The fourth-order valence-corrected chi connectivity index (χ4v) is 2.29. The number of hydrogen-bond acceptors (Lipinski definition) is 3. The quantitative estimate of drug-likeness (QED) is 0.442. The summed E-state index contributed by atoms with van der Waals surface area (Å²) < 4.78 is 0. The van der Waals surface area contributed by atoms with Crippen molar-refractivity contribution < 1.29 is 9.90 Å². The second kappa shape index (κ2) is 10.9. The Labute approximate surface area is 124 Å². The van der Waals surface area contributed by atoms with Crippen molar-refractivity contribution in [2.24, 2.45) is 5.92 Å². The number of carbonyl (C=O) groups is 1. The first-order valence-corrected chi connectivity index (χ1v) is 7.72. The molecule has 0 amide bonds. The predicted molar refractivity (Wildman–Crippen MR) is 85.1 cm³/mol. The number of nitrogens with zero attached hydrogens (tertiary/aromatic N) is 2. The van der Waals surface area contributed by atoms with E-state index in [1.54, 1.807) is 6.92 Å². The lowest BCUT2D eigenvalue weighted by Gasteiger charge is -2.25. The molecule has 0 aliphatic rings. The summed E-state index contributed by atoms with van der Waals surface area (Å²) in [4.78, 5) is 15.6. The fraction of sp³-hybridized carbons (Fsp3) is 0.812. The third-order valence-electron chi connectivity index (χ3n) is 3.54. The molecule has 0 aliphatic carbocycles. The van der Waals surface area contributed by atoms with Gasteiger partial charge < -0.3 is 10.0 Å². The van der Waals surface area contributed by atoms with Gasteiger partial charge in [-0.1, -0.05) is 32.9 Å². The molecule has 0 rings (SSSR count). The summed E-state index contributed by atoms with van der Waals surface area (Å²) in [6.45, 7) is 17.7. The zero-order valence-electron chi connectivity index (χ0n) is 13.7. The molecule has 0 bridgehead atoms. The predicted octanol–water partition coefficient (Wildman–Crippen LogP) is 2.71. The van der Waals surface area contributed by atoms with Crippen molar-refractivity contribution >= 4 is 5.97 Å². The minimum absolute atomic E-state index is 0.322. The van der Waals surface area contributed by atoms with Crippen LogP contribution < -0.4 is 0 Å². The van der Waals surface area contributed by atoms with E-state index in [-0.39, 0.29) is 5.92 Å². The monoisotopic (exact) mass is 284 g/mol. The normalized spacial score (nSPS) is 12.9. The van der Waals surface area contributed by atoms with Crippen LogP contribution in [-0.4, -0.2) is 60.1 Å². The van der Waals surface area contributed by atoms with Crippen LogP contribution in [0.2, 0.25) is 0 Å². The van der Waals surface area contributed by atoms with Gasteiger partial charge in [-0.3, -0.25) is 9.69 Å². The summed E-state index contributed by atoms with van der Waals surface area (Å²) in [5.74, 6) is -1.04. The molecule has 0 saturated heterocycles. The molecule has 118 valence electrons. The van der Waals surface area contributed by atoms with E-state index >= 15 is 0 Å². The Kier molecular flexibility index (Phi) is 10.4. The molecule has 20 heavy (non-hydrogen) atoms. The van der Waals surface area contributed by atoms with Crippen molar-refractivity contribution in [2.75, 3.05) is 39.3 Å². The van der Waals surface area contributed by atoms with E-state index in [0.29, 0.717) is 6.54 Å². The summed E-state index contributed by atoms with van der Waals surface area (Å²) in [6.07, 6.45) is 2.27. The number of hydrogen-bond donors (Lipinski definition) is 1. The van der Waals surface area contributed by atoms with Crippen molar-refractivity contribution in [3.05, 3.63) is 12.2 Å². The van der Waals surface area contributed by atoms with Crippen molar-refractivity contribution in [1.29, 1.82) is 0 Å². The molecule has 0 spiro atoms. The van der Waals surface area contributed by atoms with E-state index in [2.05, 4.69) is 30.2 Å². The molecule has 1 N–H and O–H groups in total. The molecular weight excluding hydrogens is 252 g/mol. The highest BCUT2D eigenvalue weighted by Gasteiger charge is 2.15. The van der Waals surface area contributed by atoms with Gasteiger partial charge in [0.1, 0.15) is 0 Å². The lowest BCUT2D eigenvalue weighted by Crippen LogP contribution is -2.34. The molecule has 4 nitrogen and oxygen atoms in total. The maximum Gasteiger partial charge on any atom is 0.307 e. The third-order valence-corrected chi connectivity index (χ3v) is 3.54. The number of unbranched alkanes of at least 4 members (excludes halogenated alkanes) is 1. The van der Waals surface area contributed by atoms with Crippen LogP contribution in [0.4, 0.5) is 0 Å². The van der Waals surface area contributed by atoms with E-state index in [1.807, 2.05) is 6.92 Å². The van der Waals surface area contributed by atoms with Gasteiger partial charge >= 0.3 is 5.97 Å². The average molecular weight is 284 g/mol. The number of carboxylic acid groups (broad SMARTS) is 1. The minimum Gasteiger partial charge on any atom is -0.481 e. The standard InChI is InChI=1S/C16H32N2O2/c1-6-17(7-2)10-8-9-11-18(12-14(3)4)13-15(5)16(19)20/h15H,3,6-13H2,1-2,4-5H3,(H,19,20). The second-order valence-electron chi connectivity index (χ2n) is 5.67. The Hall–Kier alpha value is -0.870. The average Bonchev–Trinajstić information content (AvgIpc) is 2.37. The second-order valence-corrected chi connectivity index (χ2v) is 5.67. The van der Waals surface area contributed by atoms with Crippen LogP contribution in [0.15, 0.2) is 12.2 Å². The van der Waals surface area contributed by atoms with Gasteiger partial charge in [0.15, 0.2) is 0 Å². The number of aliphatic carboxylic acids is 1. The molecule has 0 saturated carbocycles. The molecule has 1 atom stereocenters. The molecule has 0 heterocycles. The first-order valence-electron chi connectivity index (χ1n) is 7.72. The highest BCUT2D eigenvalue weighted by molar-refractivity contribution is 5.69. The van der Waals surface area contributed by atoms with Gasteiger partial charge in [0.05, 0.1) is 5.92 Å². The number of carboxylic acids is 1. The Morgan fingerprint density at radius 3 is 2.05 bits per heavy atom. The van der Waals surface area contributed by atoms with Crippen LogP contribution in [0.3, 0.4) is 0 Å². The van der Waals surface area contributed by atoms with Gasteiger partial charge in [0.25, 0.3) is 0 Å². The first kappa shape index (κ1) is 19.1. The lowest BCUT2D eigenvalue weighted by molar-refractivity contribution is -0.141. The van der Waals surface area contributed by atoms with Crippen molar-refractivity contribution in [2.45, 2.75) is 40.5 Å². The van der Waals surface area contributed by atoms with Gasteiger partial charge in [-0.15, -0.1) is 0 Å². The lowest BCUT2D eigenvalue weighted by atomic mass is 10.1. The number of rotatable bonds is 12. The molecule has 0 aromatic rings. The van der Waals surface area contributed by atoms with E-state index in [4.69, 9.17) is 5.11 Å². The third kappa shape index (κ3) is 9.10. The summed E-state index contributed by atoms with van der Waals surface area (Å²) in [5, 5.41) is 9.02. The van der Waals surface area contributed by atoms with E-state index in [9.17, 15) is 4.79 Å². The van der Waals surface area contributed by atoms with Crippen LogP contribution >= 0.6 is 0 Å². The summed E-state index contributed by atoms with van der Waals surface area (Å²) in [6, 6.07) is 0. The van der Waals surface area contributed by atoms with E-state index in [0.717, 1.165) is 51.1 Å². The maximum atomic E-state index is 11.0. The molecule has 0 radical (unpaired) electrons. The first-order chi connectivity index (χ1) is 9.40. The SMILES string of the molecule is C=C(C)CN(CCCCN(CC)CC)CC(C)C(=O)O. The highest BCUT2D eigenvalue weighted by atomic mass is 16.4. The molecule has 0 aromatic carbocycles. The van der Waals surface area contributed by atoms with Crippen molar-refractivity contribution in [3.63, 3.8) is 0 Å². The smallest absolute Gasteiger partial charge is 0.307 e. The van der Waals surface area contributed by atoms with Gasteiger partial charge in [-0.05, 0) is 45.9 Å². The molecular formula is C16H32N2O2. The van der Waals surface area contributed by atoms with Crippen LogP contribution in [0, 0.1) is 5.92 Å². The van der Waals surface area contributed by atoms with Gasteiger partial charge in [0.2, 0.25) is 0 Å². The zero-order valence-corrected chi connectivity index (χ0v) is 13.7. The van der Waals surface area contributed by atoms with Gasteiger partial charge in [0, 0.05) is 13.1 Å². The van der Waals surface area contributed by atoms with Crippen molar-refractivity contribution in [3.8, 4) is 0 Å². The van der Waals surface area contributed by atoms with Crippen molar-refractivity contribution in [1.82, 2.24) is 9.80 Å². The molecule has 0 fully saturated rings.